The second-order valence-corrected chi connectivity index (χ2v) is 6.00. The van der Waals surface area contributed by atoms with Gasteiger partial charge in [0.1, 0.15) is 5.75 Å². The molecule has 0 aliphatic carbocycles. The molecule has 132 valence electrons. The van der Waals surface area contributed by atoms with E-state index in [4.69, 9.17) is 4.74 Å². The fourth-order valence-electron chi connectivity index (χ4n) is 2.26. The first-order chi connectivity index (χ1) is 11.9. The Morgan fingerprint density at radius 1 is 1.04 bits per heavy atom. The van der Waals surface area contributed by atoms with Crippen LogP contribution in [0.3, 0.4) is 0 Å². The van der Waals surface area contributed by atoms with E-state index >= 15 is 0 Å². The molecule has 6 heteroatoms. The fourth-order valence-corrected chi connectivity index (χ4v) is 2.26. The second-order valence-electron chi connectivity index (χ2n) is 6.00. The summed E-state index contributed by atoms with van der Waals surface area (Å²) in [6.45, 7) is 3.73. The van der Waals surface area contributed by atoms with Crippen molar-refractivity contribution in [2.75, 3.05) is 25.6 Å². The van der Waals surface area contributed by atoms with E-state index in [1.54, 1.807) is 18.2 Å². The van der Waals surface area contributed by atoms with Crippen LogP contribution in [-0.4, -0.2) is 32.5 Å². The number of hydrogen-bond donors (Lipinski definition) is 2. The molecule has 0 unspecified atom stereocenters. The number of nitrogens with zero attached hydrogens (tertiary/aromatic N) is 1. The Bertz CT molecular complexity index is 772. The van der Waals surface area contributed by atoms with Gasteiger partial charge in [0.05, 0.1) is 0 Å². The summed E-state index contributed by atoms with van der Waals surface area (Å²) in [6.07, 6.45) is 0. The van der Waals surface area contributed by atoms with Crippen molar-refractivity contribution in [2.24, 2.45) is 0 Å². The number of carbonyl (C=O) groups excluding carboxylic acids is 2. The van der Waals surface area contributed by atoms with Crippen LogP contribution in [0, 0.1) is 13.8 Å². The summed E-state index contributed by atoms with van der Waals surface area (Å²) in [7, 11) is 3.78. The first-order valence-electron chi connectivity index (χ1n) is 7.93. The third kappa shape index (κ3) is 5.24. The molecule has 0 radical (unpaired) electrons. The Morgan fingerprint density at radius 2 is 1.80 bits per heavy atom. The maximum atomic E-state index is 12.1. The van der Waals surface area contributed by atoms with Crippen LogP contribution in [0.5, 0.6) is 5.75 Å². The normalized spacial score (nSPS) is 10.1. The molecule has 0 atom stereocenters. The molecular formula is C19H23N3O3. The van der Waals surface area contributed by atoms with E-state index in [0.717, 1.165) is 16.8 Å². The van der Waals surface area contributed by atoms with Gasteiger partial charge in [0, 0.05) is 25.3 Å². The number of aryl methyl sites for hydroxylation is 2. The van der Waals surface area contributed by atoms with Crippen molar-refractivity contribution in [1.82, 2.24) is 10.9 Å². The van der Waals surface area contributed by atoms with Gasteiger partial charge >= 0.3 is 0 Å². The van der Waals surface area contributed by atoms with E-state index in [1.165, 1.54) is 0 Å². The smallest absolute Gasteiger partial charge is 0.276 e. The number of carbonyl (C=O) groups is 2. The first-order valence-corrected chi connectivity index (χ1v) is 7.93. The number of benzene rings is 2. The van der Waals surface area contributed by atoms with Crippen molar-refractivity contribution in [3.63, 3.8) is 0 Å². The molecule has 25 heavy (non-hydrogen) atoms. The summed E-state index contributed by atoms with van der Waals surface area (Å²) in [5.74, 6) is -0.175. The van der Waals surface area contributed by atoms with Crippen LogP contribution in [0.2, 0.25) is 0 Å². The van der Waals surface area contributed by atoms with Crippen LogP contribution >= 0.6 is 0 Å². The minimum absolute atomic E-state index is 0.179. The zero-order valence-corrected chi connectivity index (χ0v) is 14.9. The molecule has 0 saturated heterocycles. The van der Waals surface area contributed by atoms with Crippen molar-refractivity contribution in [2.45, 2.75) is 13.8 Å². The molecule has 6 nitrogen and oxygen atoms in total. The van der Waals surface area contributed by atoms with Crippen molar-refractivity contribution < 1.29 is 14.3 Å². The summed E-state index contributed by atoms with van der Waals surface area (Å²) < 4.78 is 5.47. The van der Waals surface area contributed by atoms with E-state index < -0.39 is 5.91 Å². The lowest BCUT2D eigenvalue weighted by Crippen LogP contribution is -2.43. The molecule has 2 aromatic rings. The summed E-state index contributed by atoms with van der Waals surface area (Å²) in [5, 5.41) is 0. The SMILES string of the molecule is Cc1ccc(OCC(=O)NNC(=O)c2cccc(N(C)C)c2)c(C)c1. The Balaban J connectivity index is 1.85. The van der Waals surface area contributed by atoms with E-state index in [1.807, 2.05) is 57.1 Å². The molecule has 0 spiro atoms. The van der Waals surface area contributed by atoms with Crippen LogP contribution in [0.15, 0.2) is 42.5 Å². The van der Waals surface area contributed by atoms with Crippen LogP contribution in [0.1, 0.15) is 21.5 Å². The number of rotatable bonds is 5. The van der Waals surface area contributed by atoms with Gasteiger partial charge in [0.2, 0.25) is 0 Å². The van der Waals surface area contributed by atoms with E-state index in [2.05, 4.69) is 10.9 Å². The Hall–Kier alpha value is -3.02. The summed E-state index contributed by atoms with van der Waals surface area (Å²) in [5.41, 5.74) is 8.18. The standard InChI is InChI=1S/C19H23N3O3/c1-13-8-9-17(14(2)10-13)25-12-18(23)20-21-19(24)15-6-5-7-16(11-15)22(3)4/h5-11H,12H2,1-4H3,(H,20,23)(H,21,24). The number of anilines is 1. The van der Waals surface area contributed by atoms with Crippen molar-refractivity contribution >= 4 is 17.5 Å². The van der Waals surface area contributed by atoms with Crippen molar-refractivity contribution in [3.8, 4) is 5.75 Å². The minimum Gasteiger partial charge on any atom is -0.483 e. The third-order valence-corrected chi connectivity index (χ3v) is 3.63. The maximum Gasteiger partial charge on any atom is 0.276 e. The lowest BCUT2D eigenvalue weighted by Gasteiger charge is -2.14. The molecule has 0 heterocycles. The van der Waals surface area contributed by atoms with Gasteiger partial charge in [-0.25, -0.2) is 0 Å². The van der Waals surface area contributed by atoms with E-state index in [-0.39, 0.29) is 12.5 Å². The quantitative estimate of drug-likeness (QED) is 0.818. The van der Waals surface area contributed by atoms with Gasteiger partial charge in [-0.3, -0.25) is 20.4 Å². The Morgan fingerprint density at radius 3 is 2.48 bits per heavy atom. The molecule has 2 rings (SSSR count). The minimum atomic E-state index is -0.433. The Labute approximate surface area is 147 Å². The predicted molar refractivity (Wildman–Crippen MR) is 97.8 cm³/mol. The van der Waals surface area contributed by atoms with Gasteiger partial charge in [-0.1, -0.05) is 23.8 Å². The zero-order chi connectivity index (χ0) is 18.4. The van der Waals surface area contributed by atoms with Gasteiger partial charge in [0.25, 0.3) is 11.8 Å². The third-order valence-electron chi connectivity index (χ3n) is 3.63. The molecular weight excluding hydrogens is 318 g/mol. The molecule has 0 fully saturated rings. The van der Waals surface area contributed by atoms with Crippen LogP contribution in [0.4, 0.5) is 5.69 Å². The monoisotopic (exact) mass is 341 g/mol. The average molecular weight is 341 g/mol. The van der Waals surface area contributed by atoms with Gasteiger partial charge in [-0.05, 0) is 43.7 Å². The molecule has 0 saturated carbocycles. The van der Waals surface area contributed by atoms with Crippen LogP contribution in [-0.2, 0) is 4.79 Å². The van der Waals surface area contributed by atoms with Crippen LogP contribution < -0.4 is 20.5 Å². The second kappa shape index (κ2) is 8.19. The number of nitrogens with one attached hydrogen (secondary N) is 2. The Kier molecular flexibility index (Phi) is 6.00. The summed E-state index contributed by atoms with van der Waals surface area (Å²) in [6, 6.07) is 12.8. The zero-order valence-electron chi connectivity index (χ0n) is 14.9. The molecule has 2 amide bonds. The number of amides is 2. The highest BCUT2D eigenvalue weighted by Gasteiger charge is 2.09. The average Bonchev–Trinajstić information content (AvgIpc) is 2.59. The fraction of sp³-hybridized carbons (Fsp3) is 0.263. The molecule has 0 aliphatic rings. The summed E-state index contributed by atoms with van der Waals surface area (Å²) in [4.78, 5) is 25.8. The molecule has 0 bridgehead atoms. The lowest BCUT2D eigenvalue weighted by molar-refractivity contribution is -0.123. The highest BCUT2D eigenvalue weighted by Crippen LogP contribution is 2.18. The lowest BCUT2D eigenvalue weighted by atomic mass is 10.1. The van der Waals surface area contributed by atoms with Crippen molar-refractivity contribution in [1.29, 1.82) is 0 Å². The molecule has 2 N–H and O–H groups in total. The first kappa shape index (κ1) is 18.3. The maximum absolute atomic E-state index is 12.1. The summed E-state index contributed by atoms with van der Waals surface area (Å²) >= 11 is 0. The predicted octanol–water partition coefficient (Wildman–Crippen LogP) is 2.21. The highest BCUT2D eigenvalue weighted by atomic mass is 16.5. The highest BCUT2D eigenvalue weighted by molar-refractivity contribution is 5.96. The number of hydrogen-bond acceptors (Lipinski definition) is 4. The van der Waals surface area contributed by atoms with Gasteiger partial charge in [-0.2, -0.15) is 0 Å². The van der Waals surface area contributed by atoms with E-state index in [9.17, 15) is 9.59 Å². The van der Waals surface area contributed by atoms with Crippen LogP contribution in [0.25, 0.3) is 0 Å². The largest absolute Gasteiger partial charge is 0.483 e. The molecule has 2 aromatic carbocycles. The van der Waals surface area contributed by atoms with Crippen molar-refractivity contribution in [3.05, 3.63) is 59.2 Å². The topological polar surface area (TPSA) is 70.7 Å². The van der Waals surface area contributed by atoms with Gasteiger partial charge in [0.15, 0.2) is 6.61 Å². The van der Waals surface area contributed by atoms with Gasteiger partial charge < -0.3 is 9.64 Å². The molecule has 0 aliphatic heterocycles. The molecule has 0 aromatic heterocycles. The van der Waals surface area contributed by atoms with Gasteiger partial charge in [-0.15, -0.1) is 0 Å². The number of ether oxygens (including phenoxy) is 1. The number of hydrazine groups is 1. The van der Waals surface area contributed by atoms with E-state index in [0.29, 0.717) is 11.3 Å².